The lowest BCUT2D eigenvalue weighted by atomic mass is 10.2. The third-order valence-corrected chi connectivity index (χ3v) is 3.49. The third-order valence-electron chi connectivity index (χ3n) is 3.30. The van der Waals surface area contributed by atoms with Crippen molar-refractivity contribution in [2.45, 2.75) is 31.7 Å². The zero-order chi connectivity index (χ0) is 14.7. The van der Waals surface area contributed by atoms with E-state index in [1.807, 2.05) is 13.0 Å². The number of imidazole rings is 1. The molecule has 2 heterocycles. The average Bonchev–Trinajstić information content (AvgIpc) is 2.83. The molecule has 2 rings (SSSR count). The van der Waals surface area contributed by atoms with Crippen LogP contribution < -0.4 is 4.74 Å². The molecule has 2 aromatic rings. The van der Waals surface area contributed by atoms with Gasteiger partial charge in [-0.15, -0.1) is 11.6 Å². The van der Waals surface area contributed by atoms with Gasteiger partial charge in [-0.2, -0.15) is 4.98 Å². The molecule has 20 heavy (non-hydrogen) atoms. The predicted octanol–water partition coefficient (Wildman–Crippen LogP) is 3.34. The van der Waals surface area contributed by atoms with Gasteiger partial charge < -0.3 is 14.0 Å². The van der Waals surface area contributed by atoms with Crippen LogP contribution in [0.2, 0.25) is 0 Å². The summed E-state index contributed by atoms with van der Waals surface area (Å²) in [5, 5.41) is -0.193. The molecule has 0 aliphatic carbocycles. The van der Waals surface area contributed by atoms with E-state index in [4.69, 9.17) is 21.1 Å². The van der Waals surface area contributed by atoms with Crippen LogP contribution in [0.15, 0.2) is 12.1 Å². The first-order valence-corrected chi connectivity index (χ1v) is 7.11. The number of methoxy groups -OCH3 is 2. The Kier molecular flexibility index (Phi) is 4.83. The molecule has 0 radical (unpaired) electrons. The Labute approximate surface area is 123 Å². The second-order valence-electron chi connectivity index (χ2n) is 4.67. The fourth-order valence-electron chi connectivity index (χ4n) is 2.30. The zero-order valence-electron chi connectivity index (χ0n) is 12.3. The minimum atomic E-state index is -0.193. The molecule has 0 fully saturated rings. The van der Waals surface area contributed by atoms with E-state index < -0.39 is 0 Å². The zero-order valence-corrected chi connectivity index (χ0v) is 13.0. The van der Waals surface area contributed by atoms with Crippen molar-refractivity contribution < 1.29 is 9.47 Å². The van der Waals surface area contributed by atoms with Gasteiger partial charge in [-0.05, 0) is 19.4 Å². The van der Waals surface area contributed by atoms with E-state index in [-0.39, 0.29) is 11.4 Å². The molecule has 0 saturated heterocycles. The summed E-state index contributed by atoms with van der Waals surface area (Å²) >= 11 is 6.27. The molecule has 0 aliphatic rings. The number of alkyl halides is 1. The Morgan fingerprint density at radius 3 is 2.60 bits per heavy atom. The van der Waals surface area contributed by atoms with Crippen LogP contribution >= 0.6 is 11.6 Å². The summed E-state index contributed by atoms with van der Waals surface area (Å²) in [7, 11) is 3.30. The van der Waals surface area contributed by atoms with Gasteiger partial charge in [0.05, 0.1) is 25.1 Å². The molecule has 2 aromatic heterocycles. The average molecular weight is 298 g/mol. The summed E-state index contributed by atoms with van der Waals surface area (Å²) in [5.41, 5.74) is 1.61. The van der Waals surface area contributed by atoms with Crippen LogP contribution in [-0.4, -0.2) is 35.4 Å². The summed E-state index contributed by atoms with van der Waals surface area (Å²) in [6.45, 7) is 4.62. The number of pyridine rings is 1. The summed E-state index contributed by atoms with van der Waals surface area (Å²) < 4.78 is 12.6. The van der Waals surface area contributed by atoms with Crippen molar-refractivity contribution in [1.82, 2.24) is 14.5 Å². The minimum Gasteiger partial charge on any atom is -0.481 e. The number of ether oxygens (including phenoxy) is 2. The lowest BCUT2D eigenvalue weighted by Gasteiger charge is -2.20. The lowest BCUT2D eigenvalue weighted by molar-refractivity contribution is 0.153. The topological polar surface area (TPSA) is 49.2 Å². The van der Waals surface area contributed by atoms with Gasteiger partial charge in [-0.1, -0.05) is 6.92 Å². The van der Waals surface area contributed by atoms with E-state index in [1.54, 1.807) is 20.3 Å². The molecule has 0 bridgehead atoms. The van der Waals surface area contributed by atoms with Crippen molar-refractivity contribution in [2.24, 2.45) is 0 Å². The molecule has 0 N–H and O–H groups in total. The second kappa shape index (κ2) is 6.41. The van der Waals surface area contributed by atoms with Crippen molar-refractivity contribution in [3.8, 4) is 5.88 Å². The van der Waals surface area contributed by atoms with Crippen molar-refractivity contribution in [3.05, 3.63) is 18.0 Å². The number of rotatable bonds is 6. The molecule has 110 valence electrons. The fraction of sp³-hybridized carbons (Fsp3) is 0.571. The molecule has 6 heteroatoms. The summed E-state index contributed by atoms with van der Waals surface area (Å²) in [6.07, 6.45) is 0.912. The SMILES string of the molecule is CCC(COC)n1c(C(C)Cl)nc2ccc(OC)nc21. The van der Waals surface area contributed by atoms with Crippen molar-refractivity contribution in [2.75, 3.05) is 20.8 Å². The fourth-order valence-corrected chi connectivity index (χ4v) is 2.45. The maximum Gasteiger partial charge on any atom is 0.215 e. The van der Waals surface area contributed by atoms with Gasteiger partial charge in [-0.25, -0.2) is 4.98 Å². The van der Waals surface area contributed by atoms with Crippen LogP contribution in [0.5, 0.6) is 5.88 Å². The summed E-state index contributed by atoms with van der Waals surface area (Å²) in [6, 6.07) is 3.86. The number of hydrogen-bond acceptors (Lipinski definition) is 4. The highest BCUT2D eigenvalue weighted by Crippen LogP contribution is 2.29. The molecule has 5 nitrogen and oxygen atoms in total. The number of fused-ring (bicyclic) bond motifs is 1. The van der Waals surface area contributed by atoms with E-state index in [0.717, 1.165) is 23.4 Å². The highest BCUT2D eigenvalue weighted by Gasteiger charge is 2.22. The Bertz CT molecular complexity index is 583. The summed E-state index contributed by atoms with van der Waals surface area (Å²) in [5.74, 6) is 1.38. The van der Waals surface area contributed by atoms with E-state index in [1.165, 1.54) is 0 Å². The first-order valence-electron chi connectivity index (χ1n) is 6.68. The highest BCUT2D eigenvalue weighted by atomic mass is 35.5. The van der Waals surface area contributed by atoms with E-state index >= 15 is 0 Å². The Morgan fingerprint density at radius 1 is 1.30 bits per heavy atom. The Hall–Kier alpha value is -1.33. The molecule has 0 aliphatic heterocycles. The first-order chi connectivity index (χ1) is 9.62. The molecular weight excluding hydrogens is 278 g/mol. The van der Waals surface area contributed by atoms with Gasteiger partial charge in [0.25, 0.3) is 0 Å². The van der Waals surface area contributed by atoms with Crippen molar-refractivity contribution >= 4 is 22.8 Å². The van der Waals surface area contributed by atoms with Crippen LogP contribution in [0.3, 0.4) is 0 Å². The largest absolute Gasteiger partial charge is 0.481 e. The van der Waals surface area contributed by atoms with Crippen LogP contribution in [0.1, 0.15) is 37.5 Å². The standard InChI is InChI=1S/C14H20ClN3O2/c1-5-10(8-19-3)18-13(9(2)15)16-11-6-7-12(20-4)17-14(11)18/h6-7,9-10H,5,8H2,1-4H3. The van der Waals surface area contributed by atoms with Crippen LogP contribution in [0, 0.1) is 0 Å². The molecule has 0 spiro atoms. The van der Waals surface area contributed by atoms with Crippen LogP contribution in [-0.2, 0) is 4.74 Å². The van der Waals surface area contributed by atoms with E-state index in [9.17, 15) is 0 Å². The Morgan fingerprint density at radius 2 is 2.05 bits per heavy atom. The number of hydrogen-bond donors (Lipinski definition) is 0. The molecule has 0 saturated carbocycles. The number of nitrogens with zero attached hydrogens (tertiary/aromatic N) is 3. The van der Waals surface area contributed by atoms with Gasteiger partial charge >= 0.3 is 0 Å². The predicted molar refractivity (Wildman–Crippen MR) is 79.6 cm³/mol. The molecule has 0 amide bonds. The first kappa shape index (κ1) is 15.1. The van der Waals surface area contributed by atoms with Crippen LogP contribution in [0.4, 0.5) is 0 Å². The van der Waals surface area contributed by atoms with Gasteiger partial charge in [-0.3, -0.25) is 0 Å². The van der Waals surface area contributed by atoms with Crippen LogP contribution in [0.25, 0.3) is 11.2 Å². The number of aromatic nitrogens is 3. The maximum atomic E-state index is 6.27. The van der Waals surface area contributed by atoms with E-state index in [2.05, 4.69) is 21.5 Å². The molecular formula is C14H20ClN3O2. The monoisotopic (exact) mass is 297 g/mol. The maximum absolute atomic E-state index is 6.27. The van der Waals surface area contributed by atoms with Crippen molar-refractivity contribution in [3.63, 3.8) is 0 Å². The van der Waals surface area contributed by atoms with Gasteiger partial charge in [0, 0.05) is 13.2 Å². The van der Waals surface area contributed by atoms with Gasteiger partial charge in [0.1, 0.15) is 11.3 Å². The third kappa shape index (κ3) is 2.74. The quantitative estimate of drug-likeness (QED) is 0.767. The summed E-state index contributed by atoms with van der Waals surface area (Å²) in [4.78, 5) is 9.11. The van der Waals surface area contributed by atoms with Crippen molar-refractivity contribution in [1.29, 1.82) is 0 Å². The second-order valence-corrected chi connectivity index (χ2v) is 5.32. The lowest BCUT2D eigenvalue weighted by Crippen LogP contribution is -2.17. The van der Waals surface area contributed by atoms with Gasteiger partial charge in [0.2, 0.25) is 5.88 Å². The normalized spacial score (nSPS) is 14.4. The van der Waals surface area contributed by atoms with Gasteiger partial charge in [0.15, 0.2) is 5.65 Å². The molecule has 2 unspecified atom stereocenters. The van der Waals surface area contributed by atoms with E-state index in [0.29, 0.717) is 12.5 Å². The molecule has 2 atom stereocenters. The smallest absolute Gasteiger partial charge is 0.215 e. The highest BCUT2D eigenvalue weighted by molar-refractivity contribution is 6.20. The number of halogens is 1. The molecule has 0 aromatic carbocycles. The Balaban J connectivity index is 2.65. The minimum absolute atomic E-state index is 0.154.